The molecule has 0 fully saturated rings. The van der Waals surface area contributed by atoms with Gasteiger partial charge in [0.05, 0.1) is 13.5 Å². The number of ether oxygens (including phenoxy) is 1. The molecule has 0 heterocycles. The van der Waals surface area contributed by atoms with Gasteiger partial charge in [-0.3, -0.25) is 0 Å². The van der Waals surface area contributed by atoms with Crippen LogP contribution >= 0.6 is 0 Å². The number of nitrogens with one attached hydrogen (secondary N) is 1. The van der Waals surface area contributed by atoms with Crippen molar-refractivity contribution in [2.45, 2.75) is 25.6 Å². The van der Waals surface area contributed by atoms with E-state index in [0.717, 1.165) is 0 Å². The van der Waals surface area contributed by atoms with Crippen LogP contribution in [-0.4, -0.2) is 19.3 Å². The minimum atomic E-state index is -4.14. The molecule has 1 unspecified atom stereocenters. The zero-order chi connectivity index (χ0) is 12.2. The van der Waals surface area contributed by atoms with Gasteiger partial charge >= 0.3 is 6.18 Å². The molecule has 1 atom stereocenters. The van der Waals surface area contributed by atoms with E-state index in [1.54, 1.807) is 24.3 Å². The molecule has 0 radical (unpaired) electrons. The number of anilines is 1. The van der Waals surface area contributed by atoms with Gasteiger partial charge in [0, 0.05) is 11.7 Å². The van der Waals surface area contributed by atoms with E-state index in [-0.39, 0.29) is 0 Å². The fourth-order valence-corrected chi connectivity index (χ4v) is 1.37. The van der Waals surface area contributed by atoms with Crippen molar-refractivity contribution >= 4 is 5.69 Å². The van der Waals surface area contributed by atoms with Gasteiger partial charge in [0.1, 0.15) is 5.75 Å². The Morgan fingerprint density at radius 2 is 1.81 bits per heavy atom. The maximum Gasteiger partial charge on any atom is 0.391 e. The summed E-state index contributed by atoms with van der Waals surface area (Å²) in [6.45, 7) is 1.50. The molecule has 1 aromatic carbocycles. The molecule has 16 heavy (non-hydrogen) atoms. The van der Waals surface area contributed by atoms with Crippen LogP contribution in [0.4, 0.5) is 18.9 Å². The lowest BCUT2D eigenvalue weighted by Crippen LogP contribution is -2.23. The summed E-state index contributed by atoms with van der Waals surface area (Å²) in [6.07, 6.45) is -4.99. The van der Waals surface area contributed by atoms with E-state index in [0.29, 0.717) is 11.4 Å². The average molecular weight is 233 g/mol. The monoisotopic (exact) mass is 233 g/mol. The Morgan fingerprint density at radius 3 is 2.25 bits per heavy atom. The Kier molecular flexibility index (Phi) is 4.04. The highest BCUT2D eigenvalue weighted by Gasteiger charge is 2.29. The van der Waals surface area contributed by atoms with Crippen molar-refractivity contribution in [3.8, 4) is 5.75 Å². The fraction of sp³-hybridized carbons (Fsp3) is 0.455. The molecule has 0 aliphatic heterocycles. The van der Waals surface area contributed by atoms with Crippen LogP contribution < -0.4 is 10.1 Å². The summed E-state index contributed by atoms with van der Waals surface area (Å²) in [7, 11) is 1.54. The fourth-order valence-electron chi connectivity index (χ4n) is 1.37. The molecule has 1 N–H and O–H groups in total. The van der Waals surface area contributed by atoms with Crippen LogP contribution in [-0.2, 0) is 0 Å². The molecule has 0 saturated carbocycles. The zero-order valence-corrected chi connectivity index (χ0v) is 9.14. The highest BCUT2D eigenvalue weighted by molar-refractivity contribution is 5.46. The molecule has 90 valence electrons. The summed E-state index contributed by atoms with van der Waals surface area (Å²) >= 11 is 0. The highest BCUT2D eigenvalue weighted by Crippen LogP contribution is 2.23. The molecule has 0 spiro atoms. The van der Waals surface area contributed by atoms with Gasteiger partial charge in [-0.25, -0.2) is 0 Å². The van der Waals surface area contributed by atoms with Gasteiger partial charge in [0.2, 0.25) is 0 Å². The van der Waals surface area contributed by atoms with E-state index < -0.39 is 18.6 Å². The number of benzene rings is 1. The molecule has 0 aromatic heterocycles. The maximum absolute atomic E-state index is 12.1. The van der Waals surface area contributed by atoms with Crippen molar-refractivity contribution in [1.82, 2.24) is 0 Å². The predicted molar refractivity (Wildman–Crippen MR) is 56.8 cm³/mol. The molecule has 2 nitrogen and oxygen atoms in total. The lowest BCUT2D eigenvalue weighted by atomic mass is 10.2. The number of methoxy groups -OCH3 is 1. The summed E-state index contributed by atoms with van der Waals surface area (Å²) in [5.74, 6) is 0.675. The van der Waals surface area contributed by atoms with Crippen LogP contribution in [0.15, 0.2) is 24.3 Å². The maximum atomic E-state index is 12.1. The third kappa shape index (κ3) is 4.42. The second kappa shape index (κ2) is 5.09. The van der Waals surface area contributed by atoms with Gasteiger partial charge in [-0.1, -0.05) is 0 Å². The Balaban J connectivity index is 2.53. The second-order valence-corrected chi connectivity index (χ2v) is 3.59. The first-order valence-corrected chi connectivity index (χ1v) is 4.88. The molecule has 0 bridgehead atoms. The summed E-state index contributed by atoms with van der Waals surface area (Å²) in [4.78, 5) is 0. The SMILES string of the molecule is COc1ccc(NC(C)CC(F)(F)F)cc1. The van der Waals surface area contributed by atoms with E-state index in [2.05, 4.69) is 5.32 Å². The quantitative estimate of drug-likeness (QED) is 0.860. The van der Waals surface area contributed by atoms with Crippen LogP contribution in [0.1, 0.15) is 13.3 Å². The second-order valence-electron chi connectivity index (χ2n) is 3.59. The summed E-state index contributed by atoms with van der Waals surface area (Å²) in [6, 6.07) is 6.12. The summed E-state index contributed by atoms with van der Waals surface area (Å²) in [5.41, 5.74) is 0.651. The largest absolute Gasteiger partial charge is 0.497 e. The number of halogens is 3. The molecule has 1 rings (SSSR count). The van der Waals surface area contributed by atoms with Gasteiger partial charge < -0.3 is 10.1 Å². The van der Waals surface area contributed by atoms with Crippen molar-refractivity contribution in [1.29, 1.82) is 0 Å². The number of hydrogen-bond donors (Lipinski definition) is 1. The third-order valence-electron chi connectivity index (χ3n) is 2.04. The Hall–Kier alpha value is -1.39. The lowest BCUT2D eigenvalue weighted by molar-refractivity contribution is -0.136. The Morgan fingerprint density at radius 1 is 1.25 bits per heavy atom. The third-order valence-corrected chi connectivity index (χ3v) is 2.04. The lowest BCUT2D eigenvalue weighted by Gasteiger charge is -2.17. The molecule has 0 aliphatic carbocycles. The van der Waals surface area contributed by atoms with Gasteiger partial charge in [-0.05, 0) is 31.2 Å². The van der Waals surface area contributed by atoms with Gasteiger partial charge in [0.15, 0.2) is 0 Å². The van der Waals surface area contributed by atoms with Crippen LogP contribution in [0.2, 0.25) is 0 Å². The van der Waals surface area contributed by atoms with Gasteiger partial charge in [-0.15, -0.1) is 0 Å². The van der Waals surface area contributed by atoms with Crippen LogP contribution in [0.3, 0.4) is 0 Å². The number of rotatable bonds is 4. The van der Waals surface area contributed by atoms with Gasteiger partial charge in [-0.2, -0.15) is 13.2 Å². The molecular formula is C11H14F3NO. The van der Waals surface area contributed by atoms with E-state index in [9.17, 15) is 13.2 Å². The molecule has 1 aromatic rings. The predicted octanol–water partition coefficient (Wildman–Crippen LogP) is 3.45. The first-order chi connectivity index (χ1) is 7.40. The van der Waals surface area contributed by atoms with Crippen molar-refractivity contribution in [2.24, 2.45) is 0 Å². The van der Waals surface area contributed by atoms with Crippen molar-refractivity contribution in [3.05, 3.63) is 24.3 Å². The topological polar surface area (TPSA) is 21.3 Å². The molecule has 0 saturated heterocycles. The van der Waals surface area contributed by atoms with Crippen LogP contribution in [0, 0.1) is 0 Å². The first kappa shape index (κ1) is 12.7. The van der Waals surface area contributed by atoms with E-state index in [1.165, 1.54) is 14.0 Å². The molecule has 5 heteroatoms. The van der Waals surface area contributed by atoms with Crippen LogP contribution in [0.5, 0.6) is 5.75 Å². The van der Waals surface area contributed by atoms with Crippen molar-refractivity contribution in [3.63, 3.8) is 0 Å². The minimum Gasteiger partial charge on any atom is -0.497 e. The smallest absolute Gasteiger partial charge is 0.391 e. The van der Waals surface area contributed by atoms with Gasteiger partial charge in [0.25, 0.3) is 0 Å². The van der Waals surface area contributed by atoms with Crippen LogP contribution in [0.25, 0.3) is 0 Å². The molecule has 0 aliphatic rings. The summed E-state index contributed by atoms with van der Waals surface area (Å²) < 4.78 is 41.1. The minimum absolute atomic E-state index is 0.645. The zero-order valence-electron chi connectivity index (χ0n) is 9.14. The summed E-state index contributed by atoms with van der Waals surface area (Å²) in [5, 5.41) is 2.77. The average Bonchev–Trinajstić information content (AvgIpc) is 2.16. The number of hydrogen-bond acceptors (Lipinski definition) is 2. The Labute approximate surface area is 92.4 Å². The highest BCUT2D eigenvalue weighted by atomic mass is 19.4. The Bertz CT molecular complexity index is 321. The van der Waals surface area contributed by atoms with Crippen molar-refractivity contribution < 1.29 is 17.9 Å². The van der Waals surface area contributed by atoms with Crippen molar-refractivity contribution in [2.75, 3.05) is 12.4 Å². The molecular weight excluding hydrogens is 219 g/mol. The van der Waals surface area contributed by atoms with E-state index >= 15 is 0 Å². The van der Waals surface area contributed by atoms with E-state index in [4.69, 9.17) is 4.74 Å². The standard InChI is InChI=1S/C11H14F3NO/c1-8(7-11(12,13)14)15-9-3-5-10(16-2)6-4-9/h3-6,8,15H,7H2,1-2H3. The molecule has 0 amide bonds. The normalized spacial score (nSPS) is 13.3. The number of alkyl halides is 3. The van der Waals surface area contributed by atoms with E-state index in [1.807, 2.05) is 0 Å². The first-order valence-electron chi connectivity index (χ1n) is 4.88.